The fraction of sp³-hybridized carbons (Fsp3) is 0.423. The molecule has 5 aliphatic heterocycles. The molecule has 0 aromatic heterocycles. The summed E-state index contributed by atoms with van der Waals surface area (Å²) >= 11 is 0. The van der Waals surface area contributed by atoms with Crippen LogP contribution in [0.4, 0.5) is 4.79 Å². The van der Waals surface area contributed by atoms with E-state index in [4.69, 9.17) is 80.5 Å². The highest BCUT2D eigenvalue weighted by molar-refractivity contribution is 5.90. The Hall–Kier alpha value is -8.74. The van der Waals surface area contributed by atoms with E-state index in [1.54, 1.807) is 110 Å². The predicted molar refractivity (Wildman–Crippen MR) is 339 cm³/mol. The van der Waals surface area contributed by atoms with E-state index in [9.17, 15) is 34.6 Å². The number of alkyl carbamates (subject to hydrolysis) is 1. The van der Waals surface area contributed by atoms with Crippen LogP contribution in [-0.4, -0.2) is 186 Å². The molecule has 5 heterocycles. The molecule has 5 aliphatic rings. The number of hydrogen-bond donors (Lipinski definition) is 2. The van der Waals surface area contributed by atoms with Gasteiger partial charge in [-0.3, -0.25) is 0 Å². The molecule has 98 heavy (non-hydrogen) atoms. The number of esters is 4. The highest BCUT2D eigenvalue weighted by atomic mass is 16.8. The number of aliphatic hydroxyl groups is 1. The highest BCUT2D eigenvalue weighted by Gasteiger charge is 2.62. The molecule has 27 heteroatoms. The summed E-state index contributed by atoms with van der Waals surface area (Å²) in [6.45, 7) is 0.806. The maximum atomic E-state index is 14.8. The van der Waals surface area contributed by atoms with E-state index in [2.05, 4.69) is 15.3 Å². The molecule has 20 atom stereocenters. The van der Waals surface area contributed by atoms with Gasteiger partial charge in [0.25, 0.3) is 0 Å². The van der Waals surface area contributed by atoms with Gasteiger partial charge in [-0.05, 0) is 58.5 Å². The summed E-state index contributed by atoms with van der Waals surface area (Å²) in [6.07, 6.45) is -28.2. The van der Waals surface area contributed by atoms with Crippen molar-refractivity contribution in [1.82, 2.24) is 5.32 Å². The van der Waals surface area contributed by atoms with Crippen LogP contribution in [0.25, 0.3) is 10.4 Å². The summed E-state index contributed by atoms with van der Waals surface area (Å²) in [5.41, 5.74) is 13.2. The van der Waals surface area contributed by atoms with Gasteiger partial charge >= 0.3 is 30.0 Å². The van der Waals surface area contributed by atoms with E-state index in [0.29, 0.717) is 11.1 Å². The summed E-state index contributed by atoms with van der Waals surface area (Å²) in [7, 11) is 3.56. The van der Waals surface area contributed by atoms with Crippen molar-refractivity contribution in [2.75, 3.05) is 27.9 Å². The lowest BCUT2D eigenvalue weighted by atomic mass is 9.93. The third kappa shape index (κ3) is 17.0. The Morgan fingerprint density at radius 3 is 1.47 bits per heavy atom. The monoisotopic (exact) mass is 1350 g/mol. The van der Waals surface area contributed by atoms with E-state index in [0.717, 1.165) is 25.3 Å². The fourth-order valence-corrected chi connectivity index (χ4v) is 12.3. The van der Waals surface area contributed by atoms with Crippen molar-refractivity contribution in [3.63, 3.8) is 0 Å². The number of amides is 1. The molecular formula is C71H76N4O23. The lowest BCUT2D eigenvalue weighted by Crippen LogP contribution is -2.69. The zero-order valence-electron chi connectivity index (χ0n) is 53.9. The summed E-state index contributed by atoms with van der Waals surface area (Å²) < 4.78 is 109. The zero-order chi connectivity index (χ0) is 68.5. The molecule has 0 bridgehead atoms. The van der Waals surface area contributed by atoms with Gasteiger partial charge in [0.1, 0.15) is 73.6 Å². The summed E-state index contributed by atoms with van der Waals surface area (Å²) in [5, 5.41) is 18.8. The first-order valence-corrected chi connectivity index (χ1v) is 31.9. The van der Waals surface area contributed by atoms with E-state index in [1.807, 2.05) is 66.7 Å². The lowest BCUT2D eigenvalue weighted by Gasteiger charge is -2.50. The minimum atomic E-state index is -1.92. The number of aliphatic hydroxyl groups excluding tert-OH is 1. The van der Waals surface area contributed by atoms with Crippen molar-refractivity contribution < 1.29 is 110 Å². The molecule has 8 unspecified atom stereocenters. The third-order valence-corrected chi connectivity index (χ3v) is 17.1. The first-order valence-electron chi connectivity index (χ1n) is 31.9. The van der Waals surface area contributed by atoms with Crippen molar-refractivity contribution in [3.05, 3.63) is 226 Å². The number of benzene rings is 6. The van der Waals surface area contributed by atoms with Crippen LogP contribution in [0.1, 0.15) is 56.3 Å². The Bertz CT molecular complexity index is 3590. The standard InChI is InChI=1S/C71H76N4O23/c1-5-47-52(93-69-61(88-39-44-30-18-9-19-31-44)56(51(76)57(95-69)65(79)82-2)86-37-42-26-14-7-15-27-42)55-49(73-71(81)98-55)68(90-47)96-59-58(87-38-43-28-16-8-17-29-43)62(92-64(78)46-34-22-11-23-35-46)70(97-60(59)66(80)83-3)94-53-48(40-89-63(77)45-32-20-10-21-33-45)91-67(84-4)50(74-75-72)54(53)85-36-41-24-12-6-13-25-41/h6-35,47-62,67-70,76H,5,36-40H2,1-4H3,(H,73,81)/t47?,48?,49-,50?,51-,52+,53+,54-,55?,56+,57?,58+,59+,60?,61?,62?,67-,68-,69+,70+/m0/s1. The maximum absolute atomic E-state index is 14.8. The van der Waals surface area contributed by atoms with Gasteiger partial charge in [0.2, 0.25) is 0 Å². The van der Waals surface area contributed by atoms with Gasteiger partial charge < -0.3 is 90.9 Å². The van der Waals surface area contributed by atoms with Crippen LogP contribution >= 0.6 is 0 Å². The van der Waals surface area contributed by atoms with Crippen molar-refractivity contribution in [1.29, 1.82) is 0 Å². The van der Waals surface area contributed by atoms with Crippen LogP contribution in [0.15, 0.2) is 187 Å². The number of rotatable bonds is 28. The minimum Gasteiger partial charge on any atom is -0.467 e. The molecule has 1 amide bonds. The van der Waals surface area contributed by atoms with Crippen molar-refractivity contribution >= 4 is 30.0 Å². The number of fused-ring (bicyclic) bond motifs is 1. The largest absolute Gasteiger partial charge is 0.467 e. The molecule has 5 saturated heterocycles. The normalized spacial score (nSPS) is 30.4. The van der Waals surface area contributed by atoms with Crippen LogP contribution in [0, 0.1) is 0 Å². The topological polar surface area (TPSA) is 323 Å². The van der Waals surface area contributed by atoms with E-state index >= 15 is 0 Å². The number of azide groups is 1. The van der Waals surface area contributed by atoms with E-state index in [1.165, 1.54) is 19.2 Å². The lowest BCUT2D eigenvalue weighted by molar-refractivity contribution is -0.373. The van der Waals surface area contributed by atoms with Crippen LogP contribution < -0.4 is 5.32 Å². The third-order valence-electron chi connectivity index (χ3n) is 17.1. The predicted octanol–water partition coefficient (Wildman–Crippen LogP) is 7.39. The molecule has 0 spiro atoms. The highest BCUT2D eigenvalue weighted by Crippen LogP contribution is 2.41. The smallest absolute Gasteiger partial charge is 0.408 e. The number of carbonyl (C=O) groups is 5. The Morgan fingerprint density at radius 2 is 0.949 bits per heavy atom. The van der Waals surface area contributed by atoms with Crippen molar-refractivity contribution in [2.45, 2.75) is 162 Å². The zero-order valence-corrected chi connectivity index (χ0v) is 53.9. The summed E-state index contributed by atoms with van der Waals surface area (Å²) in [5.74, 6) is -3.67. The number of ether oxygens (including phenoxy) is 17. The molecule has 0 saturated carbocycles. The second kappa shape index (κ2) is 34.2. The van der Waals surface area contributed by atoms with Crippen LogP contribution in [0.5, 0.6) is 0 Å². The molecule has 5 fully saturated rings. The minimum absolute atomic E-state index is 0.0331. The average Bonchev–Trinajstić information content (AvgIpc) is 0.887. The number of nitrogens with zero attached hydrogens (tertiary/aromatic N) is 3. The van der Waals surface area contributed by atoms with E-state index in [-0.39, 0.29) is 44.0 Å². The van der Waals surface area contributed by atoms with Crippen LogP contribution in [0.3, 0.4) is 0 Å². The van der Waals surface area contributed by atoms with Crippen molar-refractivity contribution in [3.8, 4) is 0 Å². The van der Waals surface area contributed by atoms with Crippen LogP contribution in [0.2, 0.25) is 0 Å². The van der Waals surface area contributed by atoms with Gasteiger partial charge in [-0.1, -0.05) is 170 Å². The molecule has 518 valence electrons. The number of methoxy groups -OCH3 is 3. The molecule has 6 aromatic carbocycles. The van der Waals surface area contributed by atoms with Crippen molar-refractivity contribution in [2.24, 2.45) is 5.11 Å². The SMILES string of the molecule is CCC1O[C@@H](O[C@H]2C(C(=O)OC)O[C@@H](O[C@@H]3C(COC(=O)c4ccccc4)O[C@H](OC)C(N=[N+]=[N-])[C@@H]3OCc3ccccc3)C(OC(=O)c3ccccc3)[C@@H]2OCc2ccccc2)[C@H]2NC(=O)OC2[C@@H]1O[C@@H]1OC(C(=O)OC)[C@@H](O)[C@@H](OCc2ccccc2)C1OCc1ccccc1. The van der Waals surface area contributed by atoms with Gasteiger partial charge in [0, 0.05) is 12.0 Å². The molecule has 11 rings (SSSR count). The second-order valence-electron chi connectivity index (χ2n) is 23.4. The molecule has 0 aliphatic carbocycles. The maximum Gasteiger partial charge on any atom is 0.408 e. The number of nitrogens with one attached hydrogen (secondary N) is 1. The quantitative estimate of drug-likeness (QED) is 0.0159. The number of hydrogen-bond acceptors (Lipinski definition) is 24. The Labute approximate surface area is 564 Å². The average molecular weight is 1350 g/mol. The molecule has 0 radical (unpaired) electrons. The van der Waals surface area contributed by atoms with Crippen LogP contribution in [-0.2, 0) is 117 Å². The molecular weight excluding hydrogens is 1280 g/mol. The number of carbonyl (C=O) groups excluding carboxylic acids is 5. The second-order valence-corrected chi connectivity index (χ2v) is 23.4. The Morgan fingerprint density at radius 1 is 0.500 bits per heavy atom. The van der Waals surface area contributed by atoms with Gasteiger partial charge in [-0.15, -0.1) is 0 Å². The first-order chi connectivity index (χ1) is 47.9. The molecule has 27 nitrogen and oxygen atoms in total. The Kier molecular flexibility index (Phi) is 24.6. The molecule has 2 N–H and O–H groups in total. The van der Waals surface area contributed by atoms with Gasteiger partial charge in [-0.2, -0.15) is 0 Å². The first kappa shape index (κ1) is 70.6. The summed E-state index contributed by atoms with van der Waals surface area (Å²) in [6, 6.07) is 49.7. The van der Waals surface area contributed by atoms with E-state index < -0.39 is 159 Å². The molecule has 6 aromatic rings. The Balaban J connectivity index is 0.965. The van der Waals surface area contributed by atoms with Gasteiger partial charge in [0.15, 0.2) is 49.6 Å². The summed E-state index contributed by atoms with van der Waals surface area (Å²) in [4.78, 5) is 73.9. The van der Waals surface area contributed by atoms with Gasteiger partial charge in [-0.25, -0.2) is 24.0 Å². The van der Waals surface area contributed by atoms with Gasteiger partial charge in [0.05, 0.1) is 57.9 Å². The fourth-order valence-electron chi connectivity index (χ4n) is 12.3.